The average Bonchev–Trinajstić information content (AvgIpc) is 2.64. The van der Waals surface area contributed by atoms with Crippen molar-refractivity contribution in [3.05, 3.63) is 4.88 Å². The minimum Gasteiger partial charge on any atom is -0.396 e. The molecular formula is C11H18N2O3S2. The maximum absolute atomic E-state index is 12.0. The molecule has 0 radical (unpaired) electrons. The van der Waals surface area contributed by atoms with E-state index in [-0.39, 0.29) is 22.1 Å². The third kappa shape index (κ3) is 2.84. The van der Waals surface area contributed by atoms with Gasteiger partial charge in [-0.25, -0.2) is 8.42 Å². The van der Waals surface area contributed by atoms with Crippen LogP contribution in [-0.4, -0.2) is 26.5 Å². The fourth-order valence-corrected chi connectivity index (χ4v) is 4.09. The number of carbonyl (C=O) groups excluding carboxylic acids is 1. The molecule has 5 nitrogen and oxygen atoms in total. The van der Waals surface area contributed by atoms with E-state index in [1.54, 1.807) is 6.92 Å². The van der Waals surface area contributed by atoms with Crippen molar-refractivity contribution in [3.63, 3.8) is 0 Å². The van der Waals surface area contributed by atoms with Gasteiger partial charge in [0.05, 0.1) is 16.3 Å². The Morgan fingerprint density at radius 1 is 1.39 bits per heavy atom. The van der Waals surface area contributed by atoms with Crippen molar-refractivity contribution in [2.45, 2.75) is 32.1 Å². The summed E-state index contributed by atoms with van der Waals surface area (Å²) in [6.07, 6.45) is 0.860. The van der Waals surface area contributed by atoms with Crippen LogP contribution in [0.4, 0.5) is 10.7 Å². The van der Waals surface area contributed by atoms with E-state index in [0.29, 0.717) is 16.4 Å². The van der Waals surface area contributed by atoms with Gasteiger partial charge in [0.2, 0.25) is 0 Å². The number of hydrogen-bond acceptors (Lipinski definition) is 6. The van der Waals surface area contributed by atoms with E-state index in [1.165, 1.54) is 6.92 Å². The Morgan fingerprint density at radius 2 is 2.00 bits per heavy atom. The number of nitrogens with one attached hydrogen (secondary N) is 1. The van der Waals surface area contributed by atoms with Crippen LogP contribution in [0.1, 0.15) is 36.9 Å². The predicted octanol–water partition coefficient (Wildman–Crippen LogP) is 2.15. The molecule has 7 heteroatoms. The minimum atomic E-state index is -3.43. The van der Waals surface area contributed by atoms with Gasteiger partial charge >= 0.3 is 0 Å². The maximum atomic E-state index is 12.0. The lowest BCUT2D eigenvalue weighted by molar-refractivity contribution is 0.102. The second-order valence-corrected chi connectivity index (χ2v) is 7.13. The summed E-state index contributed by atoms with van der Waals surface area (Å²) in [6, 6.07) is 0. The third-order valence-corrected chi connectivity index (χ3v) is 5.65. The summed E-state index contributed by atoms with van der Waals surface area (Å²) in [5.41, 5.74) is 5.89. The van der Waals surface area contributed by atoms with Crippen LogP contribution in [0, 0.1) is 0 Å². The monoisotopic (exact) mass is 290 g/mol. The van der Waals surface area contributed by atoms with Crippen molar-refractivity contribution in [1.29, 1.82) is 0 Å². The Bertz CT molecular complexity index is 547. The van der Waals surface area contributed by atoms with Gasteiger partial charge in [-0.1, -0.05) is 13.8 Å². The number of rotatable bonds is 6. The van der Waals surface area contributed by atoms with Gasteiger partial charge in [0.1, 0.15) is 9.90 Å². The molecule has 0 bridgehead atoms. The SMILES string of the molecule is CCCNc1sc(C(C)=O)c(N)c1S(=O)(=O)CC. The number of Topliss-reactive ketones (excluding diaryl/α,β-unsaturated/α-hetero) is 1. The topological polar surface area (TPSA) is 89.3 Å². The molecule has 0 amide bonds. The summed E-state index contributed by atoms with van der Waals surface area (Å²) < 4.78 is 24.0. The van der Waals surface area contributed by atoms with Crippen molar-refractivity contribution in [3.8, 4) is 0 Å². The molecular weight excluding hydrogens is 272 g/mol. The first-order chi connectivity index (χ1) is 8.35. The summed E-state index contributed by atoms with van der Waals surface area (Å²) in [6.45, 7) is 5.56. The first-order valence-electron chi connectivity index (χ1n) is 5.74. The zero-order chi connectivity index (χ0) is 13.9. The quantitative estimate of drug-likeness (QED) is 0.784. The molecule has 1 heterocycles. The van der Waals surface area contributed by atoms with Crippen LogP contribution in [0.3, 0.4) is 0 Å². The second-order valence-electron chi connectivity index (χ2n) is 3.89. The van der Waals surface area contributed by atoms with E-state index in [1.807, 2.05) is 6.92 Å². The van der Waals surface area contributed by atoms with E-state index in [4.69, 9.17) is 5.73 Å². The van der Waals surface area contributed by atoms with Crippen molar-refractivity contribution in [2.75, 3.05) is 23.3 Å². The molecule has 1 rings (SSSR count). The molecule has 18 heavy (non-hydrogen) atoms. The highest BCUT2D eigenvalue weighted by molar-refractivity contribution is 7.91. The number of anilines is 2. The van der Waals surface area contributed by atoms with Crippen LogP contribution < -0.4 is 11.1 Å². The molecule has 0 fully saturated rings. The second kappa shape index (κ2) is 5.71. The van der Waals surface area contributed by atoms with Crippen molar-refractivity contribution >= 4 is 37.6 Å². The molecule has 1 aromatic heterocycles. The van der Waals surface area contributed by atoms with E-state index < -0.39 is 9.84 Å². The number of nitrogens with two attached hydrogens (primary N) is 1. The first-order valence-corrected chi connectivity index (χ1v) is 8.21. The fourth-order valence-electron chi connectivity index (χ4n) is 1.50. The van der Waals surface area contributed by atoms with Crippen molar-refractivity contribution < 1.29 is 13.2 Å². The van der Waals surface area contributed by atoms with Gasteiger partial charge in [-0.15, -0.1) is 11.3 Å². The standard InChI is InChI=1S/C11H18N2O3S2/c1-4-6-13-11-10(18(15,16)5-2)8(12)9(17-11)7(3)14/h13H,4-6,12H2,1-3H3. The lowest BCUT2D eigenvalue weighted by atomic mass is 10.3. The number of ketones is 1. The molecule has 0 aliphatic heterocycles. The Balaban J connectivity index is 3.41. The molecule has 0 aromatic carbocycles. The molecule has 0 saturated carbocycles. The van der Waals surface area contributed by atoms with Gasteiger partial charge in [-0.3, -0.25) is 4.79 Å². The van der Waals surface area contributed by atoms with E-state index >= 15 is 0 Å². The zero-order valence-electron chi connectivity index (χ0n) is 10.7. The number of carbonyl (C=O) groups is 1. The molecule has 3 N–H and O–H groups in total. The fraction of sp³-hybridized carbons (Fsp3) is 0.545. The van der Waals surface area contributed by atoms with Gasteiger partial charge in [0, 0.05) is 13.5 Å². The molecule has 0 aliphatic carbocycles. The van der Waals surface area contributed by atoms with Gasteiger partial charge < -0.3 is 11.1 Å². The molecule has 0 aliphatic rings. The Kier molecular flexibility index (Phi) is 4.75. The van der Waals surface area contributed by atoms with Gasteiger partial charge in [0.15, 0.2) is 15.6 Å². The zero-order valence-corrected chi connectivity index (χ0v) is 12.4. The van der Waals surface area contributed by atoms with Crippen LogP contribution in [0.5, 0.6) is 0 Å². The summed E-state index contributed by atoms with van der Waals surface area (Å²) in [5.74, 6) is -0.249. The predicted molar refractivity (Wildman–Crippen MR) is 75.2 cm³/mol. The maximum Gasteiger partial charge on any atom is 0.183 e. The summed E-state index contributed by atoms with van der Waals surface area (Å²) >= 11 is 1.11. The molecule has 0 atom stereocenters. The Morgan fingerprint density at radius 3 is 2.44 bits per heavy atom. The Hall–Kier alpha value is -1.08. The highest BCUT2D eigenvalue weighted by Gasteiger charge is 2.27. The largest absolute Gasteiger partial charge is 0.396 e. The number of nitrogen functional groups attached to an aromatic ring is 1. The number of sulfone groups is 1. The number of thiophene rings is 1. The van der Waals surface area contributed by atoms with Crippen LogP contribution >= 0.6 is 11.3 Å². The lowest BCUT2D eigenvalue weighted by Gasteiger charge is -2.06. The van der Waals surface area contributed by atoms with Gasteiger partial charge in [-0.2, -0.15) is 0 Å². The van der Waals surface area contributed by atoms with Crippen LogP contribution in [-0.2, 0) is 9.84 Å². The average molecular weight is 290 g/mol. The van der Waals surface area contributed by atoms with Crippen LogP contribution in [0.2, 0.25) is 0 Å². The van der Waals surface area contributed by atoms with E-state index in [0.717, 1.165) is 17.8 Å². The molecule has 0 unspecified atom stereocenters. The Labute approximate surface area is 111 Å². The molecule has 0 spiro atoms. The van der Waals surface area contributed by atoms with Crippen molar-refractivity contribution in [1.82, 2.24) is 0 Å². The van der Waals surface area contributed by atoms with Crippen LogP contribution in [0.25, 0.3) is 0 Å². The van der Waals surface area contributed by atoms with E-state index in [2.05, 4.69) is 5.32 Å². The summed E-state index contributed by atoms with van der Waals surface area (Å²) in [7, 11) is -3.43. The first kappa shape index (κ1) is 15.0. The van der Waals surface area contributed by atoms with Crippen LogP contribution in [0.15, 0.2) is 4.90 Å². The van der Waals surface area contributed by atoms with Gasteiger partial charge in [-0.05, 0) is 6.42 Å². The highest BCUT2D eigenvalue weighted by atomic mass is 32.2. The van der Waals surface area contributed by atoms with Gasteiger partial charge in [0.25, 0.3) is 0 Å². The van der Waals surface area contributed by atoms with Crippen molar-refractivity contribution in [2.24, 2.45) is 0 Å². The van der Waals surface area contributed by atoms with E-state index in [9.17, 15) is 13.2 Å². The molecule has 0 saturated heterocycles. The molecule has 1 aromatic rings. The smallest absolute Gasteiger partial charge is 0.183 e. The summed E-state index contributed by atoms with van der Waals surface area (Å²) in [5, 5.41) is 3.50. The molecule has 102 valence electrons. The number of hydrogen-bond donors (Lipinski definition) is 2. The normalized spacial score (nSPS) is 11.5. The third-order valence-electron chi connectivity index (χ3n) is 2.45. The lowest BCUT2D eigenvalue weighted by Crippen LogP contribution is -2.10. The minimum absolute atomic E-state index is 0.0356. The highest BCUT2D eigenvalue weighted by Crippen LogP contribution is 2.39. The summed E-state index contributed by atoms with van der Waals surface area (Å²) in [4.78, 5) is 11.8.